The van der Waals surface area contributed by atoms with Crippen LogP contribution in [-0.4, -0.2) is 14.4 Å². The Morgan fingerprint density at radius 2 is 1.78 bits per heavy atom. The molecular weight excluding hydrogens is 236 g/mol. The van der Waals surface area contributed by atoms with Gasteiger partial charge in [-0.15, -0.1) is 0 Å². The molecule has 2 rings (SSSR count). The topological polar surface area (TPSA) is 9.23 Å². The molecule has 0 amide bonds. The van der Waals surface area contributed by atoms with Gasteiger partial charge in [0.2, 0.25) is 0 Å². The Hall–Kier alpha value is -0.0831. The summed E-state index contributed by atoms with van der Waals surface area (Å²) in [5.41, 5.74) is 1.89. The van der Waals surface area contributed by atoms with Gasteiger partial charge in [-0.05, 0) is 53.8 Å². The Labute approximate surface area is 114 Å². The molecule has 0 aromatic heterocycles. The van der Waals surface area contributed by atoms with E-state index < -0.39 is 8.32 Å². The molecule has 0 N–H and O–H groups in total. The maximum absolute atomic E-state index is 6.59. The monoisotopic (exact) mass is 266 g/mol. The first-order valence-electron chi connectivity index (χ1n) is 7.32. The lowest BCUT2D eigenvalue weighted by Crippen LogP contribution is -2.45. The summed E-state index contributed by atoms with van der Waals surface area (Å²) >= 11 is 0. The zero-order chi connectivity index (χ0) is 13.9. The highest BCUT2D eigenvalue weighted by Gasteiger charge is 2.60. The maximum Gasteiger partial charge on any atom is 0.192 e. The van der Waals surface area contributed by atoms with Gasteiger partial charge >= 0.3 is 0 Å². The molecule has 1 nitrogen and oxygen atoms in total. The SMILES string of the molecule is C=C1CC2C(C[C@H]1O[Si](C)(C)C(C)(C)C)C2(C)C. The van der Waals surface area contributed by atoms with Crippen LogP contribution in [0.5, 0.6) is 0 Å². The van der Waals surface area contributed by atoms with Crippen molar-refractivity contribution in [3.63, 3.8) is 0 Å². The van der Waals surface area contributed by atoms with Gasteiger partial charge in [0, 0.05) is 0 Å². The fourth-order valence-electron chi connectivity index (χ4n) is 3.21. The minimum absolute atomic E-state index is 0.295. The van der Waals surface area contributed by atoms with E-state index in [1.54, 1.807) is 0 Å². The third kappa shape index (κ3) is 2.22. The van der Waals surface area contributed by atoms with Gasteiger partial charge in [-0.1, -0.05) is 41.2 Å². The summed E-state index contributed by atoms with van der Waals surface area (Å²) in [6, 6.07) is 0. The van der Waals surface area contributed by atoms with Crippen molar-refractivity contribution in [2.75, 3.05) is 0 Å². The third-order valence-electron chi connectivity index (χ3n) is 5.94. The number of hydrogen-bond acceptors (Lipinski definition) is 1. The largest absolute Gasteiger partial charge is 0.410 e. The van der Waals surface area contributed by atoms with E-state index in [1.807, 2.05) is 0 Å². The van der Waals surface area contributed by atoms with Crippen molar-refractivity contribution in [3.8, 4) is 0 Å². The average Bonchev–Trinajstić information content (AvgIpc) is 2.67. The van der Waals surface area contributed by atoms with E-state index in [-0.39, 0.29) is 0 Å². The molecule has 18 heavy (non-hydrogen) atoms. The van der Waals surface area contributed by atoms with Crippen molar-refractivity contribution < 1.29 is 4.43 Å². The first-order valence-corrected chi connectivity index (χ1v) is 10.2. The quantitative estimate of drug-likeness (QED) is 0.505. The van der Waals surface area contributed by atoms with Crippen molar-refractivity contribution in [2.24, 2.45) is 17.3 Å². The highest BCUT2D eigenvalue weighted by Crippen LogP contribution is 2.66. The third-order valence-corrected chi connectivity index (χ3v) is 10.4. The molecule has 2 aliphatic rings. The Kier molecular flexibility index (Phi) is 3.15. The molecule has 3 atom stereocenters. The summed E-state index contributed by atoms with van der Waals surface area (Å²) in [5, 5.41) is 0.295. The predicted octanol–water partition coefficient (Wildman–Crippen LogP) is 5.00. The molecule has 2 heteroatoms. The number of fused-ring (bicyclic) bond motifs is 1. The molecule has 2 fully saturated rings. The minimum Gasteiger partial charge on any atom is -0.410 e. The van der Waals surface area contributed by atoms with Crippen LogP contribution in [-0.2, 0) is 4.43 Å². The van der Waals surface area contributed by atoms with Crippen LogP contribution in [0, 0.1) is 17.3 Å². The highest BCUT2D eigenvalue weighted by atomic mass is 28.4. The second-order valence-corrected chi connectivity index (χ2v) is 13.3. The second-order valence-electron chi connectivity index (χ2n) is 8.50. The van der Waals surface area contributed by atoms with Crippen LogP contribution in [0.25, 0.3) is 0 Å². The lowest BCUT2D eigenvalue weighted by molar-refractivity contribution is 0.177. The molecule has 0 spiro atoms. The van der Waals surface area contributed by atoms with Crippen molar-refractivity contribution in [3.05, 3.63) is 12.2 Å². The van der Waals surface area contributed by atoms with E-state index in [9.17, 15) is 0 Å². The van der Waals surface area contributed by atoms with E-state index in [2.05, 4.69) is 54.3 Å². The standard InChI is InChI=1S/C16H30OSi/c1-11-9-12-13(16(12,5)6)10-14(11)17-18(7,8)15(2,3)4/h12-14H,1,9-10H2,2-8H3/t12?,13?,14-/m1/s1. The summed E-state index contributed by atoms with van der Waals surface area (Å²) < 4.78 is 6.59. The second kappa shape index (κ2) is 3.96. The molecule has 0 bridgehead atoms. The number of hydrogen-bond donors (Lipinski definition) is 0. The zero-order valence-electron chi connectivity index (χ0n) is 13.3. The van der Waals surface area contributed by atoms with E-state index in [0.29, 0.717) is 16.6 Å². The Balaban J connectivity index is 2.05. The van der Waals surface area contributed by atoms with E-state index in [4.69, 9.17) is 4.43 Å². The molecule has 2 saturated carbocycles. The molecule has 0 radical (unpaired) electrons. The van der Waals surface area contributed by atoms with Gasteiger partial charge in [0.25, 0.3) is 0 Å². The van der Waals surface area contributed by atoms with E-state index in [0.717, 1.165) is 11.8 Å². The molecule has 0 aliphatic heterocycles. The van der Waals surface area contributed by atoms with Crippen LogP contribution in [0.3, 0.4) is 0 Å². The van der Waals surface area contributed by atoms with Gasteiger partial charge < -0.3 is 4.43 Å². The minimum atomic E-state index is -1.65. The lowest BCUT2D eigenvalue weighted by atomic mass is 9.94. The predicted molar refractivity (Wildman–Crippen MR) is 81.2 cm³/mol. The van der Waals surface area contributed by atoms with Crippen molar-refractivity contribution >= 4 is 8.32 Å². The summed E-state index contributed by atoms with van der Waals surface area (Å²) in [6.07, 6.45) is 2.73. The van der Waals surface area contributed by atoms with Gasteiger partial charge in [0.1, 0.15) is 0 Å². The van der Waals surface area contributed by atoms with Crippen LogP contribution >= 0.6 is 0 Å². The first kappa shape index (κ1) is 14.3. The molecule has 0 aromatic rings. The Bertz CT molecular complexity index is 362. The average molecular weight is 267 g/mol. The van der Waals surface area contributed by atoms with E-state index >= 15 is 0 Å². The normalized spacial score (nSPS) is 35.3. The Morgan fingerprint density at radius 1 is 1.22 bits per heavy atom. The summed E-state index contributed by atoms with van der Waals surface area (Å²) in [4.78, 5) is 0. The summed E-state index contributed by atoms with van der Waals surface area (Å²) in [5.74, 6) is 1.75. The smallest absolute Gasteiger partial charge is 0.192 e. The van der Waals surface area contributed by atoms with Crippen LogP contribution in [0.2, 0.25) is 18.1 Å². The maximum atomic E-state index is 6.59. The molecule has 0 aromatic carbocycles. The van der Waals surface area contributed by atoms with Crippen molar-refractivity contribution in [2.45, 2.75) is 71.7 Å². The summed E-state index contributed by atoms with van der Waals surface area (Å²) in [7, 11) is -1.65. The lowest BCUT2D eigenvalue weighted by Gasteiger charge is -2.40. The van der Waals surface area contributed by atoms with Gasteiger partial charge in [0.15, 0.2) is 8.32 Å². The molecule has 0 heterocycles. The zero-order valence-corrected chi connectivity index (χ0v) is 14.3. The molecular formula is C16H30OSi. The van der Waals surface area contributed by atoms with Gasteiger partial charge in [-0.25, -0.2) is 0 Å². The van der Waals surface area contributed by atoms with Crippen molar-refractivity contribution in [1.29, 1.82) is 0 Å². The van der Waals surface area contributed by atoms with Crippen LogP contribution < -0.4 is 0 Å². The van der Waals surface area contributed by atoms with Crippen LogP contribution in [0.15, 0.2) is 12.2 Å². The molecule has 2 aliphatic carbocycles. The molecule has 0 saturated heterocycles. The fourth-order valence-corrected chi connectivity index (χ4v) is 4.53. The molecule has 2 unspecified atom stereocenters. The van der Waals surface area contributed by atoms with E-state index in [1.165, 1.54) is 18.4 Å². The van der Waals surface area contributed by atoms with Crippen molar-refractivity contribution in [1.82, 2.24) is 0 Å². The van der Waals surface area contributed by atoms with Gasteiger partial charge in [-0.3, -0.25) is 0 Å². The number of rotatable bonds is 2. The highest BCUT2D eigenvalue weighted by molar-refractivity contribution is 6.74. The first-order chi connectivity index (χ1) is 7.97. The van der Waals surface area contributed by atoms with Gasteiger partial charge in [-0.2, -0.15) is 0 Å². The fraction of sp³-hybridized carbons (Fsp3) is 0.875. The van der Waals surface area contributed by atoms with Crippen LogP contribution in [0.4, 0.5) is 0 Å². The van der Waals surface area contributed by atoms with Crippen LogP contribution in [0.1, 0.15) is 47.5 Å². The Morgan fingerprint density at radius 3 is 2.28 bits per heavy atom. The van der Waals surface area contributed by atoms with Gasteiger partial charge in [0.05, 0.1) is 6.10 Å². The summed E-state index contributed by atoms with van der Waals surface area (Å²) in [6.45, 7) is 20.8. The molecule has 104 valence electrons.